The van der Waals surface area contributed by atoms with Crippen LogP contribution in [0.3, 0.4) is 0 Å². The summed E-state index contributed by atoms with van der Waals surface area (Å²) in [5.74, 6) is -0.732. The van der Waals surface area contributed by atoms with E-state index in [1.807, 2.05) is 18.2 Å². The van der Waals surface area contributed by atoms with Crippen LogP contribution in [0, 0.1) is 5.82 Å². The minimum atomic E-state index is -3.69. The smallest absolute Gasteiger partial charge is 0.314 e. The maximum Gasteiger partial charge on any atom is 0.314 e. The first-order chi connectivity index (χ1) is 19.3. The highest BCUT2D eigenvalue weighted by Crippen LogP contribution is 2.29. The van der Waals surface area contributed by atoms with Gasteiger partial charge in [0.05, 0.1) is 18.0 Å². The maximum absolute atomic E-state index is 13.6. The predicted molar refractivity (Wildman–Crippen MR) is 146 cm³/mol. The number of para-hydroxylation sites is 1. The first kappa shape index (κ1) is 27.9. The first-order valence-electron chi connectivity index (χ1n) is 13.0. The number of rotatable bonds is 10. The molecule has 0 bridgehead atoms. The van der Waals surface area contributed by atoms with Crippen molar-refractivity contribution in [2.45, 2.75) is 31.7 Å². The molecule has 0 spiro atoms. The predicted octanol–water partition coefficient (Wildman–Crippen LogP) is 6.03. The summed E-state index contributed by atoms with van der Waals surface area (Å²) < 4.78 is 72.5. The van der Waals surface area contributed by atoms with Gasteiger partial charge in [-0.3, -0.25) is 4.31 Å². The molecule has 11 heteroatoms. The number of piperidine rings is 1. The summed E-state index contributed by atoms with van der Waals surface area (Å²) in [6.45, 7) is 2.05. The number of halogens is 3. The lowest BCUT2D eigenvalue weighted by molar-refractivity contribution is 0.116. The van der Waals surface area contributed by atoms with Crippen molar-refractivity contribution in [3.05, 3.63) is 102 Å². The van der Waals surface area contributed by atoms with Gasteiger partial charge in [-0.05, 0) is 79.4 Å². The van der Waals surface area contributed by atoms with Crippen LogP contribution >= 0.6 is 0 Å². The molecule has 1 saturated heterocycles. The van der Waals surface area contributed by atoms with Gasteiger partial charge in [0.2, 0.25) is 15.9 Å². The Kier molecular flexibility index (Phi) is 8.51. The SMILES string of the molecule is O=S(=O)(CCN1CCC(c2ccc(F)cc2)CC1)N(Cc1ccc(-c2nnc(C(F)F)o2)cc1)c1ccccc1. The van der Waals surface area contributed by atoms with Crippen LogP contribution in [0.25, 0.3) is 11.5 Å². The fourth-order valence-corrected chi connectivity index (χ4v) is 6.38. The van der Waals surface area contributed by atoms with Crippen LogP contribution in [0.1, 0.15) is 42.2 Å². The summed E-state index contributed by atoms with van der Waals surface area (Å²) in [7, 11) is -3.69. The van der Waals surface area contributed by atoms with E-state index in [0.29, 0.717) is 29.3 Å². The molecular formula is C29H29F3N4O3S. The second-order valence-electron chi connectivity index (χ2n) is 9.77. The standard InChI is InChI=1S/C29H29F3N4O3S/c30-25-12-10-22(11-13-25)23-14-16-35(17-15-23)18-19-40(37,38)36(26-4-2-1-3-5-26)20-21-6-8-24(9-7-21)28-33-34-29(39-28)27(31)32/h1-13,23,27H,14-20H2. The molecule has 0 aliphatic carbocycles. The molecule has 4 aromatic rings. The minimum Gasteiger partial charge on any atom is -0.415 e. The van der Waals surface area contributed by atoms with E-state index in [4.69, 9.17) is 4.42 Å². The molecular weight excluding hydrogens is 541 g/mol. The number of hydrogen-bond acceptors (Lipinski definition) is 6. The number of alkyl halides is 2. The molecule has 0 saturated carbocycles. The van der Waals surface area contributed by atoms with E-state index < -0.39 is 22.3 Å². The molecule has 3 aromatic carbocycles. The van der Waals surface area contributed by atoms with Crippen LogP contribution in [-0.4, -0.2) is 48.9 Å². The van der Waals surface area contributed by atoms with E-state index in [-0.39, 0.29) is 24.0 Å². The van der Waals surface area contributed by atoms with Crippen LogP contribution in [0.15, 0.2) is 83.3 Å². The van der Waals surface area contributed by atoms with Gasteiger partial charge in [0, 0.05) is 12.1 Å². The van der Waals surface area contributed by atoms with Crippen molar-refractivity contribution >= 4 is 15.7 Å². The van der Waals surface area contributed by atoms with E-state index in [1.165, 1.54) is 16.4 Å². The third-order valence-electron chi connectivity index (χ3n) is 7.13. The number of benzene rings is 3. The number of sulfonamides is 1. The summed E-state index contributed by atoms with van der Waals surface area (Å²) in [5, 5.41) is 7.00. The Balaban J connectivity index is 1.24. The number of likely N-dealkylation sites (tertiary alicyclic amines) is 1. The summed E-state index contributed by atoms with van der Waals surface area (Å²) in [6, 6.07) is 22.2. The van der Waals surface area contributed by atoms with Crippen molar-refractivity contribution in [1.29, 1.82) is 0 Å². The van der Waals surface area contributed by atoms with E-state index in [1.54, 1.807) is 48.5 Å². The van der Waals surface area contributed by atoms with Gasteiger partial charge < -0.3 is 9.32 Å². The molecule has 40 heavy (non-hydrogen) atoms. The summed E-state index contributed by atoms with van der Waals surface area (Å²) >= 11 is 0. The van der Waals surface area contributed by atoms with Gasteiger partial charge in [0.25, 0.3) is 5.89 Å². The lowest BCUT2D eigenvalue weighted by Crippen LogP contribution is -2.40. The fourth-order valence-electron chi connectivity index (χ4n) is 4.88. The van der Waals surface area contributed by atoms with Crippen molar-refractivity contribution in [2.75, 3.05) is 29.7 Å². The number of anilines is 1. The second kappa shape index (κ2) is 12.2. The topological polar surface area (TPSA) is 79.5 Å². The monoisotopic (exact) mass is 570 g/mol. The van der Waals surface area contributed by atoms with E-state index in [0.717, 1.165) is 31.5 Å². The quantitative estimate of drug-likeness (QED) is 0.232. The maximum atomic E-state index is 13.6. The van der Waals surface area contributed by atoms with Crippen molar-refractivity contribution in [3.63, 3.8) is 0 Å². The Morgan fingerprint density at radius 3 is 2.23 bits per heavy atom. The average Bonchev–Trinajstić information content (AvgIpc) is 3.47. The van der Waals surface area contributed by atoms with Crippen LogP contribution < -0.4 is 4.31 Å². The molecule has 0 unspecified atom stereocenters. The lowest BCUT2D eigenvalue weighted by Gasteiger charge is -2.33. The summed E-state index contributed by atoms with van der Waals surface area (Å²) in [6.07, 6.45) is -1.08. The molecule has 210 valence electrons. The van der Waals surface area contributed by atoms with Gasteiger partial charge in [0.15, 0.2) is 0 Å². The van der Waals surface area contributed by atoms with E-state index >= 15 is 0 Å². The molecule has 0 radical (unpaired) electrons. The van der Waals surface area contributed by atoms with Gasteiger partial charge in [0.1, 0.15) is 5.82 Å². The lowest BCUT2D eigenvalue weighted by atomic mass is 9.89. The largest absolute Gasteiger partial charge is 0.415 e. The molecule has 2 heterocycles. The van der Waals surface area contributed by atoms with Crippen molar-refractivity contribution in [3.8, 4) is 11.5 Å². The van der Waals surface area contributed by atoms with Crippen LogP contribution in [0.4, 0.5) is 18.9 Å². The highest BCUT2D eigenvalue weighted by molar-refractivity contribution is 7.92. The molecule has 0 atom stereocenters. The van der Waals surface area contributed by atoms with E-state index in [9.17, 15) is 21.6 Å². The minimum absolute atomic E-state index is 0.0300. The molecule has 5 rings (SSSR count). The number of hydrogen-bond donors (Lipinski definition) is 0. The van der Waals surface area contributed by atoms with Crippen molar-refractivity contribution in [2.24, 2.45) is 0 Å². The third-order valence-corrected chi connectivity index (χ3v) is 8.84. The highest BCUT2D eigenvalue weighted by Gasteiger charge is 2.26. The summed E-state index contributed by atoms with van der Waals surface area (Å²) in [5.41, 5.74) is 2.84. The number of aromatic nitrogens is 2. The zero-order chi connectivity index (χ0) is 28.1. The Morgan fingerprint density at radius 2 is 1.60 bits per heavy atom. The van der Waals surface area contributed by atoms with Gasteiger partial charge >= 0.3 is 6.43 Å². The van der Waals surface area contributed by atoms with Gasteiger partial charge in [-0.2, -0.15) is 8.78 Å². The molecule has 1 aromatic heterocycles. The molecule has 0 amide bonds. The third kappa shape index (κ3) is 6.71. The molecule has 1 aliphatic heterocycles. The van der Waals surface area contributed by atoms with Gasteiger partial charge in [-0.15, -0.1) is 10.2 Å². The molecule has 0 N–H and O–H groups in total. The zero-order valence-corrected chi connectivity index (χ0v) is 22.5. The van der Waals surface area contributed by atoms with Crippen LogP contribution in [0.2, 0.25) is 0 Å². The Hall–Kier alpha value is -3.70. The van der Waals surface area contributed by atoms with Crippen LogP contribution in [0.5, 0.6) is 0 Å². The van der Waals surface area contributed by atoms with Gasteiger partial charge in [-0.25, -0.2) is 12.8 Å². The molecule has 7 nitrogen and oxygen atoms in total. The molecule has 1 aliphatic rings. The molecule has 1 fully saturated rings. The van der Waals surface area contributed by atoms with Gasteiger partial charge in [-0.1, -0.05) is 42.5 Å². The highest BCUT2D eigenvalue weighted by atomic mass is 32.2. The Labute approximate surface area is 231 Å². The second-order valence-corrected chi connectivity index (χ2v) is 11.8. The normalized spacial score (nSPS) is 15.0. The zero-order valence-electron chi connectivity index (χ0n) is 21.7. The summed E-state index contributed by atoms with van der Waals surface area (Å²) in [4.78, 5) is 2.16. The Bertz CT molecular complexity index is 1490. The number of nitrogens with zero attached hydrogens (tertiary/aromatic N) is 4. The van der Waals surface area contributed by atoms with E-state index in [2.05, 4.69) is 15.1 Å². The first-order valence-corrected chi connectivity index (χ1v) is 14.6. The van der Waals surface area contributed by atoms with Crippen molar-refractivity contribution in [1.82, 2.24) is 15.1 Å². The average molecular weight is 571 g/mol. The van der Waals surface area contributed by atoms with Crippen LogP contribution in [-0.2, 0) is 16.6 Å². The van der Waals surface area contributed by atoms with Crippen molar-refractivity contribution < 1.29 is 26.0 Å². The Morgan fingerprint density at radius 1 is 0.925 bits per heavy atom. The fraction of sp³-hybridized carbons (Fsp3) is 0.310.